The molecule has 2 heterocycles. The molecule has 15 heavy (non-hydrogen) atoms. The van der Waals surface area contributed by atoms with E-state index >= 15 is 0 Å². The molecule has 1 saturated heterocycles. The molecule has 1 aliphatic rings. The molecule has 0 saturated carbocycles. The predicted octanol–water partition coefficient (Wildman–Crippen LogP) is -0.376. The maximum atomic E-state index is 9.29. The highest BCUT2D eigenvalue weighted by atomic mass is 16.5. The van der Waals surface area contributed by atoms with Gasteiger partial charge in [-0.05, 0) is 0 Å². The third-order valence-electron chi connectivity index (χ3n) is 2.43. The highest BCUT2D eigenvalue weighted by Crippen LogP contribution is 2.15. The Morgan fingerprint density at radius 2 is 2.00 bits per heavy atom. The second-order valence-corrected chi connectivity index (χ2v) is 3.43. The third kappa shape index (κ3) is 1.89. The fourth-order valence-corrected chi connectivity index (χ4v) is 1.60. The molecule has 0 aromatic carbocycles. The van der Waals surface area contributed by atoms with Gasteiger partial charge in [0, 0.05) is 30.9 Å². The first-order chi connectivity index (χ1) is 7.18. The van der Waals surface area contributed by atoms with Crippen molar-refractivity contribution < 1.29 is 9.94 Å². The SMILES string of the molecule is N=c1cc(N2CCOCC2)cc(N)n1O. The number of anilines is 2. The summed E-state index contributed by atoms with van der Waals surface area (Å²) in [6, 6.07) is 3.24. The maximum absolute atomic E-state index is 9.29. The summed E-state index contributed by atoms with van der Waals surface area (Å²) in [7, 11) is 0. The van der Waals surface area contributed by atoms with Crippen molar-refractivity contribution >= 4 is 11.5 Å². The van der Waals surface area contributed by atoms with Crippen LogP contribution in [0.3, 0.4) is 0 Å². The third-order valence-corrected chi connectivity index (χ3v) is 2.43. The zero-order valence-electron chi connectivity index (χ0n) is 8.31. The lowest BCUT2D eigenvalue weighted by atomic mass is 10.3. The van der Waals surface area contributed by atoms with Crippen molar-refractivity contribution in [3.05, 3.63) is 17.6 Å². The van der Waals surface area contributed by atoms with Gasteiger partial charge < -0.3 is 20.6 Å². The molecular formula is C9H14N4O2. The molecule has 2 rings (SSSR count). The largest absolute Gasteiger partial charge is 0.425 e. The number of aromatic nitrogens is 1. The highest BCUT2D eigenvalue weighted by molar-refractivity contribution is 5.52. The fraction of sp³-hybridized carbons (Fsp3) is 0.444. The first-order valence-electron chi connectivity index (χ1n) is 4.77. The molecule has 6 heteroatoms. The summed E-state index contributed by atoms with van der Waals surface area (Å²) in [5.41, 5.74) is 6.40. The molecule has 1 aromatic heterocycles. The lowest BCUT2D eigenvalue weighted by Gasteiger charge is -2.29. The Morgan fingerprint density at radius 3 is 2.60 bits per heavy atom. The van der Waals surface area contributed by atoms with Gasteiger partial charge in [-0.2, -0.15) is 4.73 Å². The molecule has 82 valence electrons. The van der Waals surface area contributed by atoms with Gasteiger partial charge in [0.2, 0.25) is 0 Å². The molecule has 6 nitrogen and oxygen atoms in total. The zero-order chi connectivity index (χ0) is 10.8. The summed E-state index contributed by atoms with van der Waals surface area (Å²) < 4.78 is 5.89. The van der Waals surface area contributed by atoms with Crippen molar-refractivity contribution in [2.45, 2.75) is 0 Å². The summed E-state index contributed by atoms with van der Waals surface area (Å²) in [6.07, 6.45) is 0. The van der Waals surface area contributed by atoms with Crippen LogP contribution in [0.5, 0.6) is 0 Å². The minimum atomic E-state index is -0.0171. The molecule has 0 radical (unpaired) electrons. The highest BCUT2D eigenvalue weighted by Gasteiger charge is 2.12. The van der Waals surface area contributed by atoms with Crippen LogP contribution in [0.4, 0.5) is 11.5 Å². The van der Waals surface area contributed by atoms with Gasteiger partial charge in [-0.1, -0.05) is 0 Å². The van der Waals surface area contributed by atoms with Crippen LogP contribution in [-0.4, -0.2) is 36.2 Å². The molecule has 4 N–H and O–H groups in total. The van der Waals surface area contributed by atoms with Crippen LogP contribution >= 0.6 is 0 Å². The molecule has 0 aliphatic carbocycles. The quantitative estimate of drug-likeness (QED) is 0.551. The molecule has 0 bridgehead atoms. The van der Waals surface area contributed by atoms with Gasteiger partial charge in [-0.15, -0.1) is 0 Å². The van der Waals surface area contributed by atoms with Gasteiger partial charge >= 0.3 is 0 Å². The van der Waals surface area contributed by atoms with Crippen LogP contribution < -0.4 is 16.1 Å². The van der Waals surface area contributed by atoms with E-state index in [1.54, 1.807) is 12.1 Å². The van der Waals surface area contributed by atoms with E-state index in [1.165, 1.54) is 0 Å². The maximum Gasteiger partial charge on any atom is 0.165 e. The minimum absolute atomic E-state index is 0.0171. The van der Waals surface area contributed by atoms with E-state index in [1.807, 2.05) is 0 Å². The van der Waals surface area contributed by atoms with E-state index in [-0.39, 0.29) is 11.3 Å². The van der Waals surface area contributed by atoms with E-state index in [4.69, 9.17) is 15.9 Å². The lowest BCUT2D eigenvalue weighted by Crippen LogP contribution is -2.37. The molecule has 1 aromatic rings. The van der Waals surface area contributed by atoms with E-state index in [0.29, 0.717) is 17.9 Å². The van der Waals surface area contributed by atoms with Crippen LogP contribution in [0, 0.1) is 5.41 Å². The fourth-order valence-electron chi connectivity index (χ4n) is 1.60. The first kappa shape index (κ1) is 9.85. The van der Waals surface area contributed by atoms with E-state index in [9.17, 15) is 5.21 Å². The van der Waals surface area contributed by atoms with Crippen molar-refractivity contribution in [2.75, 3.05) is 36.9 Å². The van der Waals surface area contributed by atoms with Gasteiger partial charge in [0.15, 0.2) is 5.49 Å². The number of ether oxygens (including phenoxy) is 1. The Hall–Kier alpha value is -1.69. The standard InChI is InChI=1S/C9H14N4O2/c10-8-5-7(6-9(11)13(8)14)12-1-3-15-4-2-12/h5-6,10,14H,1-4,11H2. The van der Waals surface area contributed by atoms with E-state index in [2.05, 4.69) is 4.90 Å². The molecular weight excluding hydrogens is 196 g/mol. The lowest BCUT2D eigenvalue weighted by molar-refractivity contribution is 0.122. The number of hydrogen-bond donors (Lipinski definition) is 3. The molecule has 1 fully saturated rings. The van der Waals surface area contributed by atoms with Gasteiger partial charge in [-0.25, -0.2) is 0 Å². The summed E-state index contributed by atoms with van der Waals surface area (Å²) >= 11 is 0. The number of nitrogens with zero attached hydrogens (tertiary/aromatic N) is 2. The molecule has 0 atom stereocenters. The molecule has 1 aliphatic heterocycles. The Morgan fingerprint density at radius 1 is 1.33 bits per heavy atom. The number of nitrogen functional groups attached to an aromatic ring is 1. The van der Waals surface area contributed by atoms with Crippen molar-refractivity contribution in [1.82, 2.24) is 4.73 Å². The van der Waals surface area contributed by atoms with Crippen LogP contribution in [-0.2, 0) is 4.74 Å². The van der Waals surface area contributed by atoms with Gasteiger partial charge in [-0.3, -0.25) is 5.41 Å². The average Bonchev–Trinajstić information content (AvgIpc) is 2.26. The smallest absolute Gasteiger partial charge is 0.165 e. The second-order valence-electron chi connectivity index (χ2n) is 3.43. The van der Waals surface area contributed by atoms with Crippen LogP contribution in [0.1, 0.15) is 0 Å². The summed E-state index contributed by atoms with van der Waals surface area (Å²) in [5.74, 6) is 0.170. The monoisotopic (exact) mass is 210 g/mol. The van der Waals surface area contributed by atoms with Crippen molar-refractivity contribution in [2.24, 2.45) is 0 Å². The van der Waals surface area contributed by atoms with E-state index in [0.717, 1.165) is 18.8 Å². The van der Waals surface area contributed by atoms with Gasteiger partial charge in [0.25, 0.3) is 0 Å². The second kappa shape index (κ2) is 3.82. The van der Waals surface area contributed by atoms with Crippen LogP contribution in [0.25, 0.3) is 0 Å². The van der Waals surface area contributed by atoms with E-state index < -0.39 is 0 Å². The number of hydrogen-bond acceptors (Lipinski definition) is 5. The van der Waals surface area contributed by atoms with Gasteiger partial charge in [0.1, 0.15) is 5.82 Å². The van der Waals surface area contributed by atoms with Crippen molar-refractivity contribution in [3.63, 3.8) is 0 Å². The Labute approximate surface area is 87.0 Å². The molecule has 0 amide bonds. The first-order valence-corrected chi connectivity index (χ1v) is 4.77. The van der Waals surface area contributed by atoms with Crippen molar-refractivity contribution in [1.29, 1.82) is 5.41 Å². The average molecular weight is 210 g/mol. The number of nitrogens with two attached hydrogens (primary N) is 1. The molecule has 0 unspecified atom stereocenters. The van der Waals surface area contributed by atoms with Crippen LogP contribution in [0.2, 0.25) is 0 Å². The van der Waals surface area contributed by atoms with Crippen molar-refractivity contribution in [3.8, 4) is 0 Å². The summed E-state index contributed by atoms with van der Waals surface area (Å²) in [6.45, 7) is 2.94. The minimum Gasteiger partial charge on any atom is -0.425 e. The topological polar surface area (TPSA) is 87.5 Å². The predicted molar refractivity (Wildman–Crippen MR) is 54.9 cm³/mol. The Bertz CT molecular complexity index is 409. The van der Waals surface area contributed by atoms with Crippen LogP contribution in [0.15, 0.2) is 12.1 Å². The summed E-state index contributed by atoms with van der Waals surface area (Å²) in [4.78, 5) is 2.08. The Balaban J connectivity index is 2.32. The summed E-state index contributed by atoms with van der Waals surface area (Å²) in [5, 5.41) is 16.8. The Kier molecular flexibility index (Phi) is 2.51. The number of rotatable bonds is 1. The number of pyridine rings is 1. The van der Waals surface area contributed by atoms with Gasteiger partial charge in [0.05, 0.1) is 13.2 Å². The normalized spacial score (nSPS) is 16.7. The zero-order valence-corrected chi connectivity index (χ0v) is 8.31. The number of nitrogens with one attached hydrogen (secondary N) is 1. The number of morpholine rings is 1. The molecule has 0 spiro atoms.